The summed E-state index contributed by atoms with van der Waals surface area (Å²) >= 11 is 0. The average molecular weight is 506 g/mol. The number of aryl methyl sites for hydroxylation is 1. The van der Waals surface area contributed by atoms with Gasteiger partial charge in [0.2, 0.25) is 10.0 Å². The third-order valence-electron chi connectivity index (χ3n) is 6.85. The molecule has 1 fully saturated rings. The van der Waals surface area contributed by atoms with E-state index in [1.807, 2.05) is 32.9 Å². The first-order chi connectivity index (χ1) is 17.2. The third kappa shape index (κ3) is 3.72. The van der Waals surface area contributed by atoms with Crippen molar-refractivity contribution in [2.24, 2.45) is 0 Å². The van der Waals surface area contributed by atoms with Gasteiger partial charge in [0.05, 0.1) is 28.3 Å². The van der Waals surface area contributed by atoms with Gasteiger partial charge < -0.3 is 15.0 Å². The zero-order valence-corrected chi connectivity index (χ0v) is 21.1. The van der Waals surface area contributed by atoms with Crippen LogP contribution in [0.1, 0.15) is 53.7 Å². The molecule has 3 aromatic rings. The molecular weight excluding hydrogens is 478 g/mol. The number of carbonyl (C=O) groups is 1. The van der Waals surface area contributed by atoms with Crippen LogP contribution in [-0.2, 0) is 22.0 Å². The Balaban J connectivity index is 1.27. The van der Waals surface area contributed by atoms with E-state index in [2.05, 4.69) is 19.9 Å². The summed E-state index contributed by atoms with van der Waals surface area (Å²) in [5, 5.41) is 3.04. The van der Waals surface area contributed by atoms with Crippen molar-refractivity contribution in [3.63, 3.8) is 0 Å². The molecule has 6 rings (SSSR count). The van der Waals surface area contributed by atoms with Crippen molar-refractivity contribution in [2.45, 2.75) is 56.5 Å². The Bertz CT molecular complexity index is 1510. The molecule has 1 amide bonds. The van der Waals surface area contributed by atoms with Crippen LogP contribution >= 0.6 is 0 Å². The monoisotopic (exact) mass is 505 g/mol. The van der Waals surface area contributed by atoms with Gasteiger partial charge in [-0.2, -0.15) is 0 Å². The average Bonchev–Trinajstić information content (AvgIpc) is 3.63. The van der Waals surface area contributed by atoms with E-state index < -0.39 is 15.6 Å². The van der Waals surface area contributed by atoms with Gasteiger partial charge in [-0.15, -0.1) is 0 Å². The summed E-state index contributed by atoms with van der Waals surface area (Å²) in [4.78, 5) is 24.8. The number of fused-ring (bicyclic) bond motifs is 3. The fourth-order valence-corrected chi connectivity index (χ4v) is 6.80. The van der Waals surface area contributed by atoms with Crippen LogP contribution in [0.25, 0.3) is 0 Å². The SMILES string of the molecule is Cc1ccnc2c1NC(=O)c1cc(CCOc3cccc4c3C(C)(C)NS4(=O)=O)cnc1N2C1CC1. The van der Waals surface area contributed by atoms with Crippen molar-refractivity contribution in [2.75, 3.05) is 16.8 Å². The lowest BCUT2D eigenvalue weighted by molar-refractivity contribution is 0.102. The number of sulfonamides is 1. The van der Waals surface area contributed by atoms with Crippen LogP contribution < -0.4 is 19.7 Å². The van der Waals surface area contributed by atoms with E-state index in [-0.39, 0.29) is 16.8 Å². The number of benzene rings is 1. The maximum absolute atomic E-state index is 13.2. The lowest BCUT2D eigenvalue weighted by atomic mass is 9.95. The third-order valence-corrected chi connectivity index (χ3v) is 8.55. The first-order valence-electron chi connectivity index (χ1n) is 12.0. The first kappa shape index (κ1) is 22.9. The Kier molecular flexibility index (Phi) is 5.10. The Morgan fingerprint density at radius 1 is 1.17 bits per heavy atom. The van der Waals surface area contributed by atoms with E-state index >= 15 is 0 Å². The predicted molar refractivity (Wildman–Crippen MR) is 135 cm³/mol. The quantitative estimate of drug-likeness (QED) is 0.542. The molecule has 2 aliphatic heterocycles. The van der Waals surface area contributed by atoms with Crippen molar-refractivity contribution >= 4 is 33.3 Å². The number of carbonyl (C=O) groups excluding carboxylic acids is 1. The fourth-order valence-electron chi connectivity index (χ4n) is 5.03. The van der Waals surface area contributed by atoms with Gasteiger partial charge in [-0.05, 0) is 69.0 Å². The van der Waals surface area contributed by atoms with Gasteiger partial charge in [-0.1, -0.05) is 6.07 Å². The van der Waals surface area contributed by atoms with E-state index in [0.717, 1.165) is 35.5 Å². The molecule has 36 heavy (non-hydrogen) atoms. The standard InChI is InChI=1S/C26H27N5O4S/c1-15-9-11-27-24-22(15)29-25(32)18-13-16(14-28-23(18)31(24)17-7-8-17)10-12-35-19-5-4-6-20-21(19)26(2,3)30-36(20,33)34/h4-6,9,11,13-14,17,30H,7-8,10,12H2,1-3H3,(H,29,32). The molecule has 2 N–H and O–H groups in total. The zero-order chi connectivity index (χ0) is 25.2. The smallest absolute Gasteiger partial charge is 0.259 e. The van der Waals surface area contributed by atoms with E-state index in [1.165, 1.54) is 0 Å². The van der Waals surface area contributed by atoms with Crippen LogP contribution in [-0.4, -0.2) is 36.9 Å². The molecule has 9 nitrogen and oxygen atoms in total. The van der Waals surface area contributed by atoms with E-state index in [4.69, 9.17) is 9.72 Å². The zero-order valence-electron chi connectivity index (χ0n) is 20.3. The number of ether oxygens (including phenoxy) is 1. The van der Waals surface area contributed by atoms with Gasteiger partial charge in [-0.3, -0.25) is 4.79 Å². The molecule has 4 heterocycles. The van der Waals surface area contributed by atoms with Gasteiger partial charge >= 0.3 is 0 Å². The minimum atomic E-state index is -3.56. The molecule has 0 atom stereocenters. The number of nitrogens with zero attached hydrogens (tertiary/aromatic N) is 3. The van der Waals surface area contributed by atoms with E-state index in [9.17, 15) is 13.2 Å². The molecule has 0 radical (unpaired) electrons. The van der Waals surface area contributed by atoms with Crippen molar-refractivity contribution in [1.82, 2.24) is 14.7 Å². The normalized spacial score (nSPS) is 19.1. The minimum Gasteiger partial charge on any atom is -0.493 e. The number of anilines is 3. The molecular formula is C26H27N5O4S. The second-order valence-corrected chi connectivity index (χ2v) is 11.7. The number of hydrogen-bond donors (Lipinski definition) is 2. The van der Waals surface area contributed by atoms with Crippen LogP contribution in [0.4, 0.5) is 17.3 Å². The molecule has 0 unspecified atom stereocenters. The highest BCUT2D eigenvalue weighted by Gasteiger charge is 2.42. The fraction of sp³-hybridized carbons (Fsp3) is 0.346. The summed E-state index contributed by atoms with van der Waals surface area (Å²) < 4.78 is 33.7. The lowest BCUT2D eigenvalue weighted by Gasteiger charge is -2.24. The van der Waals surface area contributed by atoms with Crippen molar-refractivity contribution in [1.29, 1.82) is 0 Å². The highest BCUT2D eigenvalue weighted by atomic mass is 32.2. The number of nitrogens with one attached hydrogen (secondary N) is 2. The molecule has 1 saturated carbocycles. The topological polar surface area (TPSA) is 114 Å². The molecule has 10 heteroatoms. The van der Waals surface area contributed by atoms with Crippen LogP contribution in [0.3, 0.4) is 0 Å². The molecule has 0 spiro atoms. The number of rotatable bonds is 5. The minimum absolute atomic E-state index is 0.209. The number of aromatic nitrogens is 2. The molecule has 3 aliphatic rings. The van der Waals surface area contributed by atoms with Crippen LogP contribution in [0.5, 0.6) is 5.75 Å². The Labute approximate surface area is 210 Å². The first-order valence-corrected chi connectivity index (χ1v) is 13.5. The predicted octanol–water partition coefficient (Wildman–Crippen LogP) is 3.80. The van der Waals surface area contributed by atoms with Crippen LogP contribution in [0, 0.1) is 6.92 Å². The molecule has 1 aliphatic carbocycles. The number of amides is 1. The summed E-state index contributed by atoms with van der Waals surface area (Å²) in [6, 6.07) is 9.09. The summed E-state index contributed by atoms with van der Waals surface area (Å²) in [6.45, 7) is 5.90. The number of pyridine rings is 2. The second kappa shape index (κ2) is 8.01. The Hall–Kier alpha value is -3.50. The summed E-state index contributed by atoms with van der Waals surface area (Å²) in [5.41, 5.74) is 2.91. The van der Waals surface area contributed by atoms with E-state index in [0.29, 0.717) is 35.7 Å². The highest BCUT2D eigenvalue weighted by Crippen LogP contribution is 2.44. The summed E-state index contributed by atoms with van der Waals surface area (Å²) in [7, 11) is -3.56. The van der Waals surface area contributed by atoms with Gasteiger partial charge in [0.15, 0.2) is 5.82 Å². The highest BCUT2D eigenvalue weighted by molar-refractivity contribution is 7.89. The molecule has 2 aromatic heterocycles. The molecule has 0 bridgehead atoms. The molecule has 186 valence electrons. The lowest BCUT2D eigenvalue weighted by Crippen LogP contribution is -2.33. The van der Waals surface area contributed by atoms with Crippen molar-refractivity contribution in [3.8, 4) is 5.75 Å². The summed E-state index contributed by atoms with van der Waals surface area (Å²) in [5.74, 6) is 1.68. The van der Waals surface area contributed by atoms with Crippen molar-refractivity contribution in [3.05, 3.63) is 65.0 Å². The molecule has 0 saturated heterocycles. The number of hydrogen-bond acceptors (Lipinski definition) is 7. The van der Waals surface area contributed by atoms with Crippen LogP contribution in [0.2, 0.25) is 0 Å². The van der Waals surface area contributed by atoms with Crippen molar-refractivity contribution < 1.29 is 17.9 Å². The summed E-state index contributed by atoms with van der Waals surface area (Å²) in [6.07, 6.45) is 6.10. The maximum atomic E-state index is 13.2. The molecule has 1 aromatic carbocycles. The van der Waals surface area contributed by atoms with Gasteiger partial charge in [-0.25, -0.2) is 23.1 Å². The second-order valence-electron chi connectivity index (χ2n) is 10.1. The van der Waals surface area contributed by atoms with Gasteiger partial charge in [0.1, 0.15) is 11.6 Å². The van der Waals surface area contributed by atoms with Gasteiger partial charge in [0, 0.05) is 30.4 Å². The van der Waals surface area contributed by atoms with E-state index in [1.54, 1.807) is 30.6 Å². The Morgan fingerprint density at radius 2 is 1.97 bits per heavy atom. The maximum Gasteiger partial charge on any atom is 0.259 e. The largest absolute Gasteiger partial charge is 0.493 e. The van der Waals surface area contributed by atoms with Crippen LogP contribution in [0.15, 0.2) is 47.6 Å². The Morgan fingerprint density at radius 3 is 2.75 bits per heavy atom. The van der Waals surface area contributed by atoms with Gasteiger partial charge in [0.25, 0.3) is 5.91 Å².